The molecule has 1 aromatic rings. The Morgan fingerprint density at radius 3 is 2.68 bits per heavy atom. The fraction of sp³-hybridized carbons (Fsp3) is 0.588. The molecule has 0 aliphatic heterocycles. The Bertz CT molecular complexity index is 528. The van der Waals surface area contributed by atoms with Crippen molar-refractivity contribution in [3.8, 4) is 0 Å². The number of aliphatic hydroxyl groups excluding tert-OH is 1. The number of nitrogens with one attached hydrogen (secondary N) is 2. The zero-order valence-electron chi connectivity index (χ0n) is 13.9. The molecule has 0 unspecified atom stereocenters. The van der Waals surface area contributed by atoms with Crippen LogP contribution in [0.25, 0.3) is 0 Å². The van der Waals surface area contributed by atoms with Crippen LogP contribution in [-0.2, 0) is 0 Å². The Hall–Kier alpha value is -1.75. The average molecular weight is 305 g/mol. The molecule has 5 nitrogen and oxygen atoms in total. The summed E-state index contributed by atoms with van der Waals surface area (Å²) in [5.74, 6) is 0.377. The number of rotatable bonds is 6. The van der Waals surface area contributed by atoms with Crippen LogP contribution in [0.5, 0.6) is 0 Å². The maximum atomic E-state index is 12.2. The monoisotopic (exact) mass is 305 g/mol. The van der Waals surface area contributed by atoms with Gasteiger partial charge in [-0.1, -0.05) is 6.07 Å². The van der Waals surface area contributed by atoms with Gasteiger partial charge >= 0.3 is 6.03 Å². The summed E-state index contributed by atoms with van der Waals surface area (Å²) in [5, 5.41) is 15.3. The lowest BCUT2D eigenvalue weighted by atomic mass is 9.97. The van der Waals surface area contributed by atoms with E-state index in [9.17, 15) is 9.90 Å². The summed E-state index contributed by atoms with van der Waals surface area (Å²) in [6.07, 6.45) is 2.12. The number of aliphatic hydroxyl groups is 1. The minimum atomic E-state index is -0.531. The number of benzene rings is 1. The third kappa shape index (κ3) is 3.91. The van der Waals surface area contributed by atoms with Gasteiger partial charge in [-0.3, -0.25) is 0 Å². The van der Waals surface area contributed by atoms with E-state index < -0.39 is 5.54 Å². The molecule has 3 N–H and O–H groups in total. The molecule has 0 radical (unpaired) electrons. The summed E-state index contributed by atoms with van der Waals surface area (Å²) in [5.41, 5.74) is 1.27. The fourth-order valence-electron chi connectivity index (χ4n) is 2.51. The van der Waals surface area contributed by atoms with Gasteiger partial charge in [0.05, 0.1) is 12.1 Å². The fourth-order valence-corrected chi connectivity index (χ4v) is 2.51. The first-order valence-electron chi connectivity index (χ1n) is 7.88. The van der Waals surface area contributed by atoms with Crippen molar-refractivity contribution in [2.24, 2.45) is 5.92 Å². The summed E-state index contributed by atoms with van der Waals surface area (Å²) < 4.78 is 0. The van der Waals surface area contributed by atoms with Gasteiger partial charge in [0.15, 0.2) is 0 Å². The van der Waals surface area contributed by atoms with Crippen LogP contribution in [0.1, 0.15) is 33.6 Å². The van der Waals surface area contributed by atoms with E-state index >= 15 is 0 Å². The predicted molar refractivity (Wildman–Crippen MR) is 90.4 cm³/mol. The molecule has 0 spiro atoms. The van der Waals surface area contributed by atoms with Crippen LogP contribution < -0.4 is 15.5 Å². The van der Waals surface area contributed by atoms with Crippen LogP contribution in [0.3, 0.4) is 0 Å². The van der Waals surface area contributed by atoms with E-state index in [1.54, 1.807) is 0 Å². The van der Waals surface area contributed by atoms with E-state index in [-0.39, 0.29) is 12.6 Å². The van der Waals surface area contributed by atoms with Crippen LogP contribution >= 0.6 is 0 Å². The van der Waals surface area contributed by atoms with Crippen molar-refractivity contribution in [1.82, 2.24) is 5.32 Å². The molecule has 5 heteroatoms. The Kier molecular flexibility index (Phi) is 4.96. The van der Waals surface area contributed by atoms with Gasteiger partial charge in [0, 0.05) is 24.5 Å². The Balaban J connectivity index is 2.01. The Labute approximate surface area is 132 Å². The zero-order chi connectivity index (χ0) is 16.3. The number of nitrogens with zero attached hydrogens (tertiary/aromatic N) is 1. The molecule has 2 amide bonds. The minimum Gasteiger partial charge on any atom is -0.394 e. The molecule has 1 saturated carbocycles. The highest BCUT2D eigenvalue weighted by Crippen LogP contribution is 2.39. The molecule has 1 fully saturated rings. The largest absolute Gasteiger partial charge is 0.394 e. The van der Waals surface area contributed by atoms with Crippen LogP contribution in [0.2, 0.25) is 0 Å². The second-order valence-corrected chi connectivity index (χ2v) is 6.68. The molecule has 1 aliphatic carbocycles. The molecule has 1 atom stereocenters. The van der Waals surface area contributed by atoms with Crippen molar-refractivity contribution in [2.45, 2.75) is 45.2 Å². The smallest absolute Gasteiger partial charge is 0.319 e. The number of anilines is 2. The molecule has 0 bridgehead atoms. The van der Waals surface area contributed by atoms with E-state index in [1.165, 1.54) is 0 Å². The maximum Gasteiger partial charge on any atom is 0.319 e. The van der Waals surface area contributed by atoms with Gasteiger partial charge in [-0.15, -0.1) is 0 Å². The van der Waals surface area contributed by atoms with Gasteiger partial charge in [-0.2, -0.15) is 0 Å². The number of amides is 2. The quantitative estimate of drug-likeness (QED) is 0.757. The second kappa shape index (κ2) is 6.57. The highest BCUT2D eigenvalue weighted by molar-refractivity contribution is 5.90. The first-order valence-corrected chi connectivity index (χ1v) is 7.88. The van der Waals surface area contributed by atoms with Gasteiger partial charge in [-0.05, 0) is 57.7 Å². The van der Waals surface area contributed by atoms with Crippen molar-refractivity contribution in [3.63, 3.8) is 0 Å². The van der Waals surface area contributed by atoms with E-state index in [0.29, 0.717) is 12.0 Å². The second-order valence-electron chi connectivity index (χ2n) is 6.68. The van der Waals surface area contributed by atoms with Crippen LogP contribution in [0, 0.1) is 5.92 Å². The summed E-state index contributed by atoms with van der Waals surface area (Å²) in [6.45, 7) is 6.10. The molecule has 0 heterocycles. The highest BCUT2D eigenvalue weighted by Gasteiger charge is 2.42. The third-order valence-corrected chi connectivity index (χ3v) is 4.49. The number of hydrogen-bond acceptors (Lipinski definition) is 3. The number of hydrogen-bond donors (Lipinski definition) is 3. The first-order chi connectivity index (χ1) is 10.4. The predicted octanol–water partition coefficient (Wildman–Crippen LogP) is 2.81. The van der Waals surface area contributed by atoms with Gasteiger partial charge in [-0.25, -0.2) is 4.79 Å². The van der Waals surface area contributed by atoms with Gasteiger partial charge in [0.2, 0.25) is 0 Å². The van der Waals surface area contributed by atoms with Crippen molar-refractivity contribution < 1.29 is 9.90 Å². The number of urea groups is 1. The summed E-state index contributed by atoms with van der Waals surface area (Å²) in [4.78, 5) is 14.3. The molecular formula is C17H27N3O2. The van der Waals surface area contributed by atoms with E-state index in [2.05, 4.69) is 29.4 Å². The van der Waals surface area contributed by atoms with Crippen molar-refractivity contribution in [3.05, 3.63) is 24.3 Å². The molecule has 122 valence electrons. The molecule has 2 rings (SSSR count). The normalized spacial score (nSPS) is 17.0. The lowest BCUT2D eigenvalue weighted by Crippen LogP contribution is -2.52. The standard InChI is InChI=1S/C17H27N3O2/c1-12(2)20(4)15-7-5-6-14(10-15)18-16(22)19-17(3,11-21)13-8-9-13/h5-7,10,12-13,21H,8-9,11H2,1-4H3,(H2,18,19,22)/t17-/m1/s1. The van der Waals surface area contributed by atoms with Crippen LogP contribution in [0.15, 0.2) is 24.3 Å². The molecule has 22 heavy (non-hydrogen) atoms. The van der Waals surface area contributed by atoms with Crippen LogP contribution in [0.4, 0.5) is 16.2 Å². The molecule has 0 saturated heterocycles. The SMILES string of the molecule is CC(C)N(C)c1cccc(NC(=O)N[C@](C)(CO)C2CC2)c1. The Morgan fingerprint density at radius 2 is 2.14 bits per heavy atom. The molecule has 1 aliphatic rings. The lowest BCUT2D eigenvalue weighted by Gasteiger charge is -2.29. The van der Waals surface area contributed by atoms with E-state index in [1.807, 2.05) is 38.2 Å². The van der Waals surface area contributed by atoms with Gasteiger partial charge in [0.1, 0.15) is 0 Å². The van der Waals surface area contributed by atoms with Crippen molar-refractivity contribution >= 4 is 17.4 Å². The van der Waals surface area contributed by atoms with Gasteiger partial charge in [0.25, 0.3) is 0 Å². The minimum absolute atomic E-state index is 0.0405. The van der Waals surface area contributed by atoms with Crippen molar-refractivity contribution in [1.29, 1.82) is 0 Å². The van der Waals surface area contributed by atoms with E-state index in [4.69, 9.17) is 0 Å². The number of carbonyl (C=O) groups is 1. The summed E-state index contributed by atoms with van der Waals surface area (Å²) in [6, 6.07) is 7.88. The first kappa shape index (κ1) is 16.6. The molecule has 0 aromatic heterocycles. The van der Waals surface area contributed by atoms with Crippen LogP contribution in [-0.4, -0.2) is 36.4 Å². The van der Waals surface area contributed by atoms with Gasteiger partial charge < -0.3 is 20.6 Å². The summed E-state index contributed by atoms with van der Waals surface area (Å²) >= 11 is 0. The average Bonchev–Trinajstić information content (AvgIpc) is 3.31. The lowest BCUT2D eigenvalue weighted by molar-refractivity contribution is 0.159. The Morgan fingerprint density at radius 1 is 1.45 bits per heavy atom. The third-order valence-electron chi connectivity index (χ3n) is 4.49. The van der Waals surface area contributed by atoms with Crippen molar-refractivity contribution in [2.75, 3.05) is 23.9 Å². The topological polar surface area (TPSA) is 64.6 Å². The molecular weight excluding hydrogens is 278 g/mol. The molecule has 1 aromatic carbocycles. The number of carbonyl (C=O) groups excluding carboxylic acids is 1. The highest BCUT2D eigenvalue weighted by atomic mass is 16.3. The maximum absolute atomic E-state index is 12.2. The van der Waals surface area contributed by atoms with E-state index in [0.717, 1.165) is 24.2 Å². The summed E-state index contributed by atoms with van der Waals surface area (Å²) in [7, 11) is 2.03. The zero-order valence-corrected chi connectivity index (χ0v) is 13.9.